The van der Waals surface area contributed by atoms with E-state index in [0.29, 0.717) is 35.4 Å². The number of amides is 1. The van der Waals surface area contributed by atoms with Crippen molar-refractivity contribution in [3.05, 3.63) is 68.0 Å². The Kier molecular flexibility index (Phi) is 2.83. The minimum absolute atomic E-state index is 0.249. The van der Waals surface area contributed by atoms with Crippen molar-refractivity contribution in [1.29, 1.82) is 0 Å². The zero-order chi connectivity index (χ0) is 13.4. The van der Waals surface area contributed by atoms with Crippen LogP contribution in [0.4, 0.5) is 0 Å². The van der Waals surface area contributed by atoms with Gasteiger partial charge in [-0.1, -0.05) is 12.6 Å². The number of carbonyl (C=O) groups excluding carboxylic acids is 1. The van der Waals surface area contributed by atoms with E-state index in [1.807, 2.05) is 17.5 Å². The second kappa shape index (κ2) is 4.51. The van der Waals surface area contributed by atoms with Crippen LogP contribution >= 0.6 is 11.3 Å². The molecule has 0 radical (unpaired) electrons. The van der Waals surface area contributed by atoms with E-state index in [4.69, 9.17) is 4.42 Å². The normalized spacial score (nSPS) is 14.1. The molecule has 0 aromatic carbocycles. The fraction of sp³-hybridized carbons (Fsp3) is 0.143. The molecule has 1 aliphatic heterocycles. The highest BCUT2D eigenvalue weighted by Crippen LogP contribution is 2.23. The lowest BCUT2D eigenvalue weighted by atomic mass is 9.98. The summed E-state index contributed by atoms with van der Waals surface area (Å²) in [6.45, 7) is 3.71. The van der Waals surface area contributed by atoms with E-state index < -0.39 is 5.63 Å². The molecule has 3 heterocycles. The fourth-order valence-electron chi connectivity index (χ4n) is 2.19. The van der Waals surface area contributed by atoms with Gasteiger partial charge in [-0.3, -0.25) is 4.79 Å². The van der Waals surface area contributed by atoms with Crippen molar-refractivity contribution >= 4 is 17.2 Å². The second-order valence-electron chi connectivity index (χ2n) is 4.38. The van der Waals surface area contributed by atoms with Gasteiger partial charge >= 0.3 is 5.63 Å². The van der Waals surface area contributed by atoms with Crippen LogP contribution in [0.25, 0.3) is 0 Å². The Balaban J connectivity index is 2.12. The van der Waals surface area contributed by atoms with Crippen LogP contribution in [-0.2, 0) is 12.8 Å². The summed E-state index contributed by atoms with van der Waals surface area (Å²) in [6.07, 6.45) is 0.931. The van der Waals surface area contributed by atoms with Crippen LogP contribution in [0.15, 0.2) is 45.1 Å². The van der Waals surface area contributed by atoms with Gasteiger partial charge in [0.15, 0.2) is 0 Å². The Hall–Kier alpha value is -2.14. The number of fused-ring (bicyclic) bond motifs is 1. The van der Waals surface area contributed by atoms with Gasteiger partial charge in [0.2, 0.25) is 0 Å². The van der Waals surface area contributed by atoms with Crippen molar-refractivity contribution < 1.29 is 9.21 Å². The maximum atomic E-state index is 12.0. The standard InChI is InChI=1S/C14H11NO3S/c1-8-5-11-13(14(17)15-8)9(7-12(16)18-11)6-10-3-2-4-19-10/h2-4,7H,1,5-6H2,(H,15,17). The topological polar surface area (TPSA) is 59.3 Å². The lowest BCUT2D eigenvalue weighted by Crippen LogP contribution is -2.32. The molecule has 3 rings (SSSR count). The highest BCUT2D eigenvalue weighted by molar-refractivity contribution is 7.09. The Labute approximate surface area is 113 Å². The Morgan fingerprint density at radius 2 is 2.26 bits per heavy atom. The second-order valence-corrected chi connectivity index (χ2v) is 5.41. The number of nitrogens with one attached hydrogen (secondary N) is 1. The summed E-state index contributed by atoms with van der Waals surface area (Å²) in [6, 6.07) is 5.32. The third-order valence-corrected chi connectivity index (χ3v) is 3.83. The van der Waals surface area contributed by atoms with Crippen LogP contribution in [0.1, 0.15) is 26.6 Å². The molecule has 0 fully saturated rings. The highest BCUT2D eigenvalue weighted by Gasteiger charge is 2.25. The van der Waals surface area contributed by atoms with Gasteiger partial charge in [-0.15, -0.1) is 11.3 Å². The van der Waals surface area contributed by atoms with Crippen LogP contribution in [-0.4, -0.2) is 5.91 Å². The highest BCUT2D eigenvalue weighted by atomic mass is 32.1. The van der Waals surface area contributed by atoms with Gasteiger partial charge in [-0.25, -0.2) is 4.79 Å². The van der Waals surface area contributed by atoms with E-state index in [-0.39, 0.29) is 5.91 Å². The predicted molar refractivity (Wildman–Crippen MR) is 72.4 cm³/mol. The van der Waals surface area contributed by atoms with Crippen LogP contribution in [0, 0.1) is 0 Å². The molecule has 0 bridgehead atoms. The van der Waals surface area contributed by atoms with Crippen LogP contribution in [0.3, 0.4) is 0 Å². The van der Waals surface area contributed by atoms with Gasteiger partial charge in [0, 0.05) is 29.5 Å². The summed E-state index contributed by atoms with van der Waals surface area (Å²) in [7, 11) is 0. The van der Waals surface area contributed by atoms with Crippen LogP contribution in [0.2, 0.25) is 0 Å². The molecular formula is C14H11NO3S. The molecule has 96 valence electrons. The van der Waals surface area contributed by atoms with Gasteiger partial charge in [-0.2, -0.15) is 0 Å². The number of allylic oxidation sites excluding steroid dienone is 1. The number of carbonyl (C=O) groups is 1. The van der Waals surface area contributed by atoms with Crippen molar-refractivity contribution in [1.82, 2.24) is 5.32 Å². The minimum atomic E-state index is -0.423. The van der Waals surface area contributed by atoms with Crippen molar-refractivity contribution in [2.75, 3.05) is 0 Å². The first-order valence-corrected chi connectivity index (χ1v) is 6.69. The van der Waals surface area contributed by atoms with E-state index in [0.717, 1.165) is 4.88 Å². The minimum Gasteiger partial charge on any atom is -0.427 e. The number of rotatable bonds is 2. The smallest absolute Gasteiger partial charge is 0.336 e. The van der Waals surface area contributed by atoms with E-state index in [1.165, 1.54) is 6.07 Å². The lowest BCUT2D eigenvalue weighted by molar-refractivity contribution is 0.0952. The van der Waals surface area contributed by atoms with E-state index in [1.54, 1.807) is 11.3 Å². The molecule has 1 amide bonds. The molecule has 1 N–H and O–H groups in total. The number of hydrogen-bond donors (Lipinski definition) is 1. The predicted octanol–water partition coefficient (Wildman–Crippen LogP) is 2.09. The number of hydrogen-bond acceptors (Lipinski definition) is 4. The third-order valence-electron chi connectivity index (χ3n) is 2.95. The summed E-state index contributed by atoms with van der Waals surface area (Å²) in [4.78, 5) is 24.7. The monoisotopic (exact) mass is 273 g/mol. The molecule has 0 saturated heterocycles. The molecule has 4 nitrogen and oxygen atoms in total. The molecule has 5 heteroatoms. The molecule has 19 heavy (non-hydrogen) atoms. The zero-order valence-corrected chi connectivity index (χ0v) is 10.9. The molecule has 0 spiro atoms. The first-order chi connectivity index (χ1) is 9.13. The van der Waals surface area contributed by atoms with E-state index in [9.17, 15) is 9.59 Å². The quantitative estimate of drug-likeness (QED) is 0.911. The summed E-state index contributed by atoms with van der Waals surface area (Å²) in [5.41, 5.74) is 1.31. The maximum Gasteiger partial charge on any atom is 0.336 e. The molecule has 0 saturated carbocycles. The lowest BCUT2D eigenvalue weighted by Gasteiger charge is -2.19. The van der Waals surface area contributed by atoms with E-state index in [2.05, 4.69) is 11.9 Å². The molecule has 1 aliphatic rings. The van der Waals surface area contributed by atoms with Gasteiger partial charge in [-0.05, 0) is 17.0 Å². The first-order valence-electron chi connectivity index (χ1n) is 5.81. The Bertz CT molecular complexity index is 713. The average Bonchev–Trinajstić information content (AvgIpc) is 2.79. The Morgan fingerprint density at radius 1 is 1.42 bits per heavy atom. The SMILES string of the molecule is C=C1Cc2oc(=O)cc(Cc3cccs3)c2C(=O)N1. The molecule has 2 aromatic rings. The summed E-state index contributed by atoms with van der Waals surface area (Å²) in [5, 5.41) is 4.65. The van der Waals surface area contributed by atoms with Gasteiger partial charge < -0.3 is 9.73 Å². The Morgan fingerprint density at radius 3 is 3.00 bits per heavy atom. The van der Waals surface area contributed by atoms with Crippen LogP contribution in [0.5, 0.6) is 0 Å². The summed E-state index contributed by atoms with van der Waals surface area (Å²) < 4.78 is 5.13. The average molecular weight is 273 g/mol. The molecular weight excluding hydrogens is 262 g/mol. The van der Waals surface area contributed by atoms with Crippen molar-refractivity contribution in [3.63, 3.8) is 0 Å². The van der Waals surface area contributed by atoms with Crippen molar-refractivity contribution in [3.8, 4) is 0 Å². The van der Waals surface area contributed by atoms with E-state index >= 15 is 0 Å². The summed E-state index contributed by atoms with van der Waals surface area (Å²) >= 11 is 1.59. The molecule has 0 aliphatic carbocycles. The molecule has 2 aromatic heterocycles. The molecule has 0 unspecified atom stereocenters. The fourth-order valence-corrected chi connectivity index (χ4v) is 2.92. The third kappa shape index (κ3) is 2.24. The van der Waals surface area contributed by atoms with Gasteiger partial charge in [0.25, 0.3) is 5.91 Å². The number of thiophene rings is 1. The maximum absolute atomic E-state index is 12.0. The van der Waals surface area contributed by atoms with Crippen molar-refractivity contribution in [2.24, 2.45) is 0 Å². The first kappa shape index (κ1) is 11.9. The van der Waals surface area contributed by atoms with Crippen LogP contribution < -0.4 is 10.9 Å². The van der Waals surface area contributed by atoms with Gasteiger partial charge in [0.1, 0.15) is 5.76 Å². The molecule has 0 atom stereocenters. The van der Waals surface area contributed by atoms with Crippen molar-refractivity contribution in [2.45, 2.75) is 12.8 Å². The largest absolute Gasteiger partial charge is 0.427 e. The summed E-state index contributed by atoms with van der Waals surface area (Å²) in [5.74, 6) is 0.161. The zero-order valence-electron chi connectivity index (χ0n) is 10.1. The van der Waals surface area contributed by atoms with Gasteiger partial charge in [0.05, 0.1) is 5.56 Å².